The Morgan fingerprint density at radius 3 is 2.02 bits per heavy atom. The van der Waals surface area contributed by atoms with Gasteiger partial charge in [0.05, 0.1) is 28.3 Å². The van der Waals surface area contributed by atoms with Gasteiger partial charge in [0.1, 0.15) is 18.1 Å². The summed E-state index contributed by atoms with van der Waals surface area (Å²) in [6.07, 6.45) is 0. The number of hydrogen-bond acceptors (Lipinski definition) is 6. The maximum absolute atomic E-state index is 13.6. The summed E-state index contributed by atoms with van der Waals surface area (Å²) in [5, 5.41) is 2.97. The second-order valence-electron chi connectivity index (χ2n) is 8.81. The maximum atomic E-state index is 13.6. The summed E-state index contributed by atoms with van der Waals surface area (Å²) in [7, 11) is -6.75. The molecule has 0 spiro atoms. The molecule has 0 atom stereocenters. The second kappa shape index (κ2) is 12.2. The average Bonchev–Trinajstić information content (AvgIpc) is 2.94. The molecule has 0 unspecified atom stereocenters. The highest BCUT2D eigenvalue weighted by Crippen LogP contribution is 2.26. The van der Waals surface area contributed by atoms with Crippen molar-refractivity contribution in [1.29, 1.82) is 0 Å². The van der Waals surface area contributed by atoms with Crippen LogP contribution in [0.15, 0.2) is 101 Å². The zero-order valence-corrected chi connectivity index (χ0v) is 24.2. The standard InChI is InChI=1S/C28H25ClFN3O6S2/c1-19-3-6-22(17-27(19)29)32-40(35,36)25-13-7-21(8-14-25)31-28(34)18-33(23-9-4-20(30)5-10-23)41(37,38)26-15-11-24(39-2)12-16-26/h3-17,32H,18H2,1-2H3,(H,31,34). The van der Waals surface area contributed by atoms with Crippen LogP contribution in [0, 0.1) is 12.7 Å². The molecule has 0 bridgehead atoms. The van der Waals surface area contributed by atoms with Crippen LogP contribution in [0.25, 0.3) is 0 Å². The zero-order chi connectivity index (χ0) is 29.8. The van der Waals surface area contributed by atoms with Crippen molar-refractivity contribution >= 4 is 54.6 Å². The van der Waals surface area contributed by atoms with Gasteiger partial charge in [-0.2, -0.15) is 0 Å². The number of nitrogens with one attached hydrogen (secondary N) is 2. The van der Waals surface area contributed by atoms with E-state index in [9.17, 15) is 26.0 Å². The van der Waals surface area contributed by atoms with Crippen molar-refractivity contribution in [3.63, 3.8) is 0 Å². The van der Waals surface area contributed by atoms with Gasteiger partial charge >= 0.3 is 0 Å². The van der Waals surface area contributed by atoms with Crippen LogP contribution in [0.5, 0.6) is 5.75 Å². The van der Waals surface area contributed by atoms with Crippen molar-refractivity contribution in [3.8, 4) is 5.75 Å². The SMILES string of the molecule is COc1ccc(S(=O)(=O)N(CC(=O)Nc2ccc(S(=O)(=O)Nc3ccc(C)c(Cl)c3)cc2)c2ccc(F)cc2)cc1. The van der Waals surface area contributed by atoms with Gasteiger partial charge in [0.15, 0.2) is 0 Å². The molecule has 41 heavy (non-hydrogen) atoms. The zero-order valence-electron chi connectivity index (χ0n) is 21.8. The Morgan fingerprint density at radius 2 is 1.44 bits per heavy atom. The van der Waals surface area contributed by atoms with Gasteiger partial charge in [-0.05, 0) is 97.4 Å². The van der Waals surface area contributed by atoms with Crippen LogP contribution in [0.1, 0.15) is 5.56 Å². The van der Waals surface area contributed by atoms with Crippen LogP contribution in [0.4, 0.5) is 21.5 Å². The number of carbonyl (C=O) groups is 1. The molecule has 9 nitrogen and oxygen atoms in total. The molecule has 0 aliphatic carbocycles. The number of sulfonamides is 2. The lowest BCUT2D eigenvalue weighted by atomic mass is 10.2. The molecule has 0 aliphatic rings. The van der Waals surface area contributed by atoms with Crippen molar-refractivity contribution in [2.45, 2.75) is 16.7 Å². The van der Waals surface area contributed by atoms with Gasteiger partial charge in [0, 0.05) is 10.7 Å². The van der Waals surface area contributed by atoms with Crippen molar-refractivity contribution in [2.24, 2.45) is 0 Å². The lowest BCUT2D eigenvalue weighted by Gasteiger charge is -2.24. The third-order valence-electron chi connectivity index (χ3n) is 5.92. The molecule has 4 rings (SSSR count). The normalized spacial score (nSPS) is 11.5. The Balaban J connectivity index is 1.52. The summed E-state index contributed by atoms with van der Waals surface area (Å²) in [5.41, 5.74) is 1.38. The Morgan fingerprint density at radius 1 is 0.854 bits per heavy atom. The molecule has 1 amide bonds. The van der Waals surface area contributed by atoms with Crippen molar-refractivity contribution in [1.82, 2.24) is 0 Å². The quantitative estimate of drug-likeness (QED) is 0.245. The number of aryl methyl sites for hydroxylation is 1. The Hall–Kier alpha value is -4.13. The highest BCUT2D eigenvalue weighted by Gasteiger charge is 2.27. The number of hydrogen-bond donors (Lipinski definition) is 2. The number of carbonyl (C=O) groups excluding carboxylic acids is 1. The molecular formula is C28H25ClFN3O6S2. The van der Waals surface area contributed by atoms with E-state index in [4.69, 9.17) is 16.3 Å². The van der Waals surface area contributed by atoms with E-state index in [0.29, 0.717) is 10.8 Å². The molecule has 4 aromatic carbocycles. The summed E-state index contributed by atoms with van der Waals surface area (Å²) >= 11 is 6.08. The van der Waals surface area contributed by atoms with E-state index in [1.54, 1.807) is 19.1 Å². The van der Waals surface area contributed by atoms with Crippen LogP contribution in [0.2, 0.25) is 5.02 Å². The summed E-state index contributed by atoms with van der Waals surface area (Å²) in [6.45, 7) is 1.15. The van der Waals surface area contributed by atoms with Crippen molar-refractivity contribution < 1.29 is 30.8 Å². The van der Waals surface area contributed by atoms with Crippen LogP contribution in [-0.2, 0) is 24.8 Å². The van der Waals surface area contributed by atoms with Crippen LogP contribution >= 0.6 is 11.6 Å². The molecule has 0 aromatic heterocycles. The van der Waals surface area contributed by atoms with Crippen molar-refractivity contribution in [2.75, 3.05) is 28.0 Å². The van der Waals surface area contributed by atoms with Gasteiger partial charge < -0.3 is 10.1 Å². The predicted octanol–water partition coefficient (Wildman–Crippen LogP) is 5.43. The molecule has 13 heteroatoms. The third kappa shape index (κ3) is 7.15. The molecule has 0 fully saturated rings. The highest BCUT2D eigenvalue weighted by atomic mass is 35.5. The number of nitrogens with zero attached hydrogens (tertiary/aromatic N) is 1. The summed E-state index contributed by atoms with van der Waals surface area (Å²) in [4.78, 5) is 12.8. The first-order valence-corrected chi connectivity index (χ1v) is 15.3. The topological polar surface area (TPSA) is 122 Å². The van der Waals surface area contributed by atoms with Gasteiger partial charge in [0.25, 0.3) is 20.0 Å². The average molecular weight is 618 g/mol. The van der Waals surface area contributed by atoms with E-state index < -0.39 is 38.3 Å². The number of anilines is 3. The first-order valence-electron chi connectivity index (χ1n) is 12.0. The molecule has 0 saturated carbocycles. The molecule has 0 aliphatic heterocycles. The molecule has 0 saturated heterocycles. The lowest BCUT2D eigenvalue weighted by Crippen LogP contribution is -2.38. The lowest BCUT2D eigenvalue weighted by molar-refractivity contribution is -0.114. The van der Waals surface area contributed by atoms with Crippen LogP contribution in [-0.4, -0.2) is 36.4 Å². The van der Waals surface area contributed by atoms with E-state index in [1.165, 1.54) is 73.8 Å². The Kier molecular flexibility index (Phi) is 8.86. The number of methoxy groups -OCH3 is 1. The van der Waals surface area contributed by atoms with E-state index in [-0.39, 0.29) is 26.9 Å². The minimum atomic E-state index is -4.24. The minimum absolute atomic E-state index is 0.0674. The molecule has 0 heterocycles. The summed E-state index contributed by atoms with van der Waals surface area (Å²) in [6, 6.07) is 20.3. The first-order chi connectivity index (χ1) is 19.4. The fraction of sp³-hybridized carbons (Fsp3) is 0.107. The molecule has 2 N–H and O–H groups in total. The molecular weight excluding hydrogens is 593 g/mol. The number of benzene rings is 4. The first kappa shape index (κ1) is 29.8. The van der Waals surface area contributed by atoms with Crippen molar-refractivity contribution in [3.05, 3.63) is 107 Å². The van der Waals surface area contributed by atoms with Crippen LogP contribution < -0.4 is 19.1 Å². The largest absolute Gasteiger partial charge is 0.497 e. The Labute approximate surface area is 242 Å². The van der Waals surface area contributed by atoms with Gasteiger partial charge in [-0.15, -0.1) is 0 Å². The second-order valence-corrected chi connectivity index (χ2v) is 12.8. The van der Waals surface area contributed by atoms with E-state index in [2.05, 4.69) is 10.0 Å². The van der Waals surface area contributed by atoms with Gasteiger partial charge in [-0.25, -0.2) is 21.2 Å². The van der Waals surface area contributed by atoms with E-state index >= 15 is 0 Å². The third-order valence-corrected chi connectivity index (χ3v) is 9.51. The minimum Gasteiger partial charge on any atom is -0.497 e. The van der Waals surface area contributed by atoms with E-state index in [0.717, 1.165) is 22.0 Å². The number of rotatable bonds is 10. The predicted molar refractivity (Wildman–Crippen MR) is 156 cm³/mol. The maximum Gasteiger partial charge on any atom is 0.264 e. The number of ether oxygens (including phenoxy) is 1. The fourth-order valence-corrected chi connectivity index (χ4v) is 6.37. The highest BCUT2D eigenvalue weighted by molar-refractivity contribution is 7.93. The fourth-order valence-electron chi connectivity index (χ4n) is 3.72. The van der Waals surface area contributed by atoms with Gasteiger partial charge in [0.2, 0.25) is 5.91 Å². The van der Waals surface area contributed by atoms with Crippen LogP contribution in [0.3, 0.4) is 0 Å². The summed E-state index contributed by atoms with van der Waals surface area (Å²) < 4.78 is 74.5. The molecule has 4 aromatic rings. The smallest absolute Gasteiger partial charge is 0.264 e. The number of amides is 1. The van der Waals surface area contributed by atoms with E-state index in [1.807, 2.05) is 0 Å². The molecule has 0 radical (unpaired) electrons. The molecule has 214 valence electrons. The van der Waals surface area contributed by atoms with Gasteiger partial charge in [-0.3, -0.25) is 13.8 Å². The number of halogens is 2. The Bertz CT molecular complexity index is 1770. The summed E-state index contributed by atoms with van der Waals surface area (Å²) in [5.74, 6) is -0.845. The van der Waals surface area contributed by atoms with Gasteiger partial charge in [-0.1, -0.05) is 17.7 Å². The monoisotopic (exact) mass is 617 g/mol.